The normalized spacial score (nSPS) is 32.6. The fourth-order valence-electron chi connectivity index (χ4n) is 2.77. The minimum absolute atomic E-state index is 0.694. The molecule has 0 amide bonds. The average Bonchev–Trinajstić information content (AvgIpc) is 2.23. The van der Waals surface area contributed by atoms with Gasteiger partial charge in [0, 0.05) is 12.1 Å². The van der Waals surface area contributed by atoms with Gasteiger partial charge in [0.05, 0.1) is 0 Å². The Hall–Kier alpha value is 0.310. The van der Waals surface area contributed by atoms with E-state index in [4.69, 9.17) is 0 Å². The van der Waals surface area contributed by atoms with Gasteiger partial charge in [-0.25, -0.2) is 0 Å². The third kappa shape index (κ3) is 5.09. The van der Waals surface area contributed by atoms with E-state index in [2.05, 4.69) is 44.8 Å². The van der Waals surface area contributed by atoms with Crippen molar-refractivity contribution >= 4 is 11.8 Å². The molecule has 16 heavy (non-hydrogen) atoms. The molecule has 1 aliphatic carbocycles. The molecule has 2 heteroatoms. The molecule has 0 saturated heterocycles. The Balaban J connectivity index is 2.19. The molecular formula is C14H29NS. The highest BCUT2D eigenvalue weighted by Crippen LogP contribution is 2.29. The highest BCUT2D eigenvalue weighted by atomic mass is 32.2. The van der Waals surface area contributed by atoms with E-state index >= 15 is 0 Å². The molecule has 0 aromatic rings. The average molecular weight is 243 g/mol. The molecule has 0 heterocycles. The summed E-state index contributed by atoms with van der Waals surface area (Å²) >= 11 is 2.06. The molecule has 1 nitrogen and oxygen atoms in total. The van der Waals surface area contributed by atoms with Crippen molar-refractivity contribution < 1.29 is 0 Å². The van der Waals surface area contributed by atoms with E-state index in [1.165, 1.54) is 37.2 Å². The lowest BCUT2D eigenvalue weighted by atomic mass is 9.79. The van der Waals surface area contributed by atoms with Crippen molar-refractivity contribution in [2.75, 3.05) is 11.5 Å². The zero-order chi connectivity index (χ0) is 12.0. The second-order valence-corrected chi connectivity index (χ2v) is 6.95. The first-order valence-electron chi connectivity index (χ1n) is 6.97. The zero-order valence-electron chi connectivity index (χ0n) is 11.5. The molecule has 0 bridgehead atoms. The number of nitrogens with one attached hydrogen (secondary N) is 1. The predicted molar refractivity (Wildman–Crippen MR) is 76.2 cm³/mol. The molecule has 4 atom stereocenters. The highest BCUT2D eigenvalue weighted by Gasteiger charge is 2.25. The molecule has 0 aliphatic heterocycles. The first-order valence-corrected chi connectivity index (χ1v) is 8.12. The Morgan fingerprint density at radius 3 is 2.69 bits per heavy atom. The minimum atomic E-state index is 0.694. The van der Waals surface area contributed by atoms with Gasteiger partial charge in [-0.15, -0.1) is 0 Å². The standard InChI is InChI=1S/C14H29NS/c1-5-16-9-8-13(4)15-14-7-6-11(2)10-12(14)3/h11-15H,5-10H2,1-4H3. The van der Waals surface area contributed by atoms with Gasteiger partial charge in [0.1, 0.15) is 0 Å². The zero-order valence-corrected chi connectivity index (χ0v) is 12.3. The molecule has 1 saturated carbocycles. The van der Waals surface area contributed by atoms with Gasteiger partial charge in [0.25, 0.3) is 0 Å². The van der Waals surface area contributed by atoms with Crippen LogP contribution in [-0.2, 0) is 0 Å². The highest BCUT2D eigenvalue weighted by molar-refractivity contribution is 7.99. The van der Waals surface area contributed by atoms with Crippen LogP contribution in [0.2, 0.25) is 0 Å². The van der Waals surface area contributed by atoms with Crippen LogP contribution in [0.5, 0.6) is 0 Å². The van der Waals surface area contributed by atoms with Gasteiger partial charge in [-0.1, -0.05) is 20.8 Å². The van der Waals surface area contributed by atoms with E-state index in [0.717, 1.165) is 17.9 Å². The van der Waals surface area contributed by atoms with Gasteiger partial charge < -0.3 is 5.32 Å². The number of hydrogen-bond donors (Lipinski definition) is 1. The van der Waals surface area contributed by atoms with E-state index in [9.17, 15) is 0 Å². The van der Waals surface area contributed by atoms with Crippen LogP contribution in [0.25, 0.3) is 0 Å². The van der Waals surface area contributed by atoms with Crippen LogP contribution in [0.15, 0.2) is 0 Å². The molecule has 1 rings (SSSR count). The van der Waals surface area contributed by atoms with Crippen LogP contribution in [0.4, 0.5) is 0 Å². The molecule has 1 aliphatic rings. The van der Waals surface area contributed by atoms with E-state index in [1.54, 1.807) is 0 Å². The summed E-state index contributed by atoms with van der Waals surface area (Å²) in [4.78, 5) is 0. The monoisotopic (exact) mass is 243 g/mol. The predicted octanol–water partition coefficient (Wildman–Crippen LogP) is 3.93. The van der Waals surface area contributed by atoms with Gasteiger partial charge in [-0.3, -0.25) is 0 Å². The Bertz CT molecular complexity index is 184. The fraction of sp³-hybridized carbons (Fsp3) is 1.00. The second kappa shape index (κ2) is 7.60. The number of rotatable bonds is 6. The van der Waals surface area contributed by atoms with Crippen molar-refractivity contribution in [1.29, 1.82) is 0 Å². The smallest absolute Gasteiger partial charge is 0.00953 e. The van der Waals surface area contributed by atoms with Gasteiger partial charge in [-0.2, -0.15) is 11.8 Å². The lowest BCUT2D eigenvalue weighted by Crippen LogP contribution is -2.43. The van der Waals surface area contributed by atoms with Crippen LogP contribution in [0, 0.1) is 11.8 Å². The lowest BCUT2D eigenvalue weighted by Gasteiger charge is -2.35. The summed E-state index contributed by atoms with van der Waals surface area (Å²) in [5.74, 6) is 4.37. The quantitative estimate of drug-likeness (QED) is 0.709. The molecule has 0 radical (unpaired) electrons. The van der Waals surface area contributed by atoms with Crippen molar-refractivity contribution in [1.82, 2.24) is 5.32 Å². The summed E-state index contributed by atoms with van der Waals surface area (Å²) in [7, 11) is 0. The summed E-state index contributed by atoms with van der Waals surface area (Å²) in [6.07, 6.45) is 5.53. The maximum absolute atomic E-state index is 3.83. The van der Waals surface area contributed by atoms with Gasteiger partial charge in [0.2, 0.25) is 0 Å². The molecule has 4 unspecified atom stereocenters. The van der Waals surface area contributed by atoms with E-state index in [0.29, 0.717) is 6.04 Å². The fourth-order valence-corrected chi connectivity index (χ4v) is 3.58. The summed E-state index contributed by atoms with van der Waals surface area (Å²) in [5.41, 5.74) is 0. The summed E-state index contributed by atoms with van der Waals surface area (Å²) in [6.45, 7) is 9.41. The van der Waals surface area contributed by atoms with Crippen molar-refractivity contribution in [2.45, 2.75) is 65.5 Å². The molecule has 0 spiro atoms. The van der Waals surface area contributed by atoms with E-state index in [1.807, 2.05) is 0 Å². The molecule has 96 valence electrons. The van der Waals surface area contributed by atoms with Gasteiger partial charge in [0.15, 0.2) is 0 Å². The van der Waals surface area contributed by atoms with Crippen molar-refractivity contribution in [3.05, 3.63) is 0 Å². The van der Waals surface area contributed by atoms with Crippen LogP contribution < -0.4 is 5.32 Å². The summed E-state index contributed by atoms with van der Waals surface area (Å²) in [5, 5.41) is 3.83. The molecule has 0 aromatic carbocycles. The third-order valence-corrected chi connectivity index (χ3v) is 4.76. The van der Waals surface area contributed by atoms with Crippen LogP contribution in [0.1, 0.15) is 53.4 Å². The minimum Gasteiger partial charge on any atom is -0.311 e. The molecule has 1 fully saturated rings. The van der Waals surface area contributed by atoms with Crippen molar-refractivity contribution in [3.8, 4) is 0 Å². The Morgan fingerprint density at radius 1 is 1.31 bits per heavy atom. The molecular weight excluding hydrogens is 214 g/mol. The van der Waals surface area contributed by atoms with Crippen molar-refractivity contribution in [2.24, 2.45) is 11.8 Å². The summed E-state index contributed by atoms with van der Waals surface area (Å²) < 4.78 is 0. The van der Waals surface area contributed by atoms with Gasteiger partial charge >= 0.3 is 0 Å². The number of hydrogen-bond acceptors (Lipinski definition) is 2. The first-order chi connectivity index (χ1) is 7.63. The Labute approximate surface area is 106 Å². The largest absolute Gasteiger partial charge is 0.311 e. The van der Waals surface area contributed by atoms with Crippen LogP contribution in [0.3, 0.4) is 0 Å². The first kappa shape index (κ1) is 14.4. The molecule has 0 aromatic heterocycles. The Morgan fingerprint density at radius 2 is 2.06 bits per heavy atom. The maximum Gasteiger partial charge on any atom is 0.00953 e. The molecule has 1 N–H and O–H groups in total. The van der Waals surface area contributed by atoms with Crippen LogP contribution >= 0.6 is 11.8 Å². The topological polar surface area (TPSA) is 12.0 Å². The lowest BCUT2D eigenvalue weighted by molar-refractivity contribution is 0.215. The Kier molecular flexibility index (Phi) is 6.83. The third-order valence-electron chi connectivity index (χ3n) is 3.83. The SMILES string of the molecule is CCSCCC(C)NC1CCC(C)CC1C. The van der Waals surface area contributed by atoms with E-state index < -0.39 is 0 Å². The van der Waals surface area contributed by atoms with Crippen LogP contribution in [-0.4, -0.2) is 23.6 Å². The second-order valence-electron chi connectivity index (χ2n) is 5.56. The maximum atomic E-state index is 3.83. The van der Waals surface area contributed by atoms with Gasteiger partial charge in [-0.05, 0) is 55.9 Å². The van der Waals surface area contributed by atoms with Crippen molar-refractivity contribution in [3.63, 3.8) is 0 Å². The summed E-state index contributed by atoms with van der Waals surface area (Å²) in [6, 6.07) is 1.47. The van der Waals surface area contributed by atoms with E-state index in [-0.39, 0.29) is 0 Å². The number of thioether (sulfide) groups is 1.